The van der Waals surface area contributed by atoms with Gasteiger partial charge in [0.05, 0.1) is 13.1 Å². The molecule has 3 rings (SSSR count). The minimum absolute atomic E-state index is 0. The van der Waals surface area contributed by atoms with Gasteiger partial charge in [-0.05, 0) is 24.6 Å². The van der Waals surface area contributed by atoms with E-state index in [1.165, 1.54) is 5.56 Å². The first kappa shape index (κ1) is 19.9. The van der Waals surface area contributed by atoms with E-state index in [0.717, 1.165) is 24.0 Å². The Hall–Kier alpha value is -2.42. The number of nitrogens with zero attached hydrogens (tertiary/aromatic N) is 4. The molecule has 6 nitrogen and oxygen atoms in total. The highest BCUT2D eigenvalue weighted by molar-refractivity contribution is 14.0. The van der Waals surface area contributed by atoms with E-state index in [0.29, 0.717) is 13.1 Å². The molecule has 1 heterocycles. The van der Waals surface area contributed by atoms with Crippen molar-refractivity contribution < 1.29 is 0 Å². The summed E-state index contributed by atoms with van der Waals surface area (Å²) in [6.07, 6.45) is 1.72. The first-order valence-electron chi connectivity index (χ1n) is 8.37. The third kappa shape index (κ3) is 5.55. The SMILES string of the molecule is CCNC(=NCc1ccccc1)NCc1nncn1-c1ccccc1.I. The molecule has 0 aliphatic carbocycles. The zero-order valence-corrected chi connectivity index (χ0v) is 17.0. The molecule has 0 unspecified atom stereocenters. The normalized spacial score (nSPS) is 10.9. The molecule has 0 fully saturated rings. The maximum Gasteiger partial charge on any atom is 0.191 e. The highest BCUT2D eigenvalue weighted by atomic mass is 127. The second kappa shape index (κ2) is 10.5. The maximum atomic E-state index is 4.62. The van der Waals surface area contributed by atoms with Crippen molar-refractivity contribution in [2.75, 3.05) is 6.54 Å². The van der Waals surface area contributed by atoms with Gasteiger partial charge in [-0.25, -0.2) is 4.99 Å². The molecule has 0 saturated heterocycles. The van der Waals surface area contributed by atoms with Crippen LogP contribution in [0.25, 0.3) is 5.69 Å². The van der Waals surface area contributed by atoms with Gasteiger partial charge in [0.2, 0.25) is 0 Å². The number of nitrogens with one attached hydrogen (secondary N) is 2. The van der Waals surface area contributed by atoms with Crippen LogP contribution in [0.2, 0.25) is 0 Å². The van der Waals surface area contributed by atoms with Crippen LogP contribution in [0, 0.1) is 0 Å². The van der Waals surface area contributed by atoms with Crippen molar-refractivity contribution in [2.24, 2.45) is 4.99 Å². The first-order valence-corrected chi connectivity index (χ1v) is 8.37. The average molecular weight is 462 g/mol. The maximum absolute atomic E-state index is 4.62. The number of hydrogen-bond acceptors (Lipinski definition) is 3. The van der Waals surface area contributed by atoms with E-state index >= 15 is 0 Å². The second-order valence-corrected chi connectivity index (χ2v) is 5.49. The molecule has 0 bridgehead atoms. The lowest BCUT2D eigenvalue weighted by Crippen LogP contribution is -2.37. The number of aromatic nitrogens is 3. The summed E-state index contributed by atoms with van der Waals surface area (Å²) in [7, 11) is 0. The molecule has 2 N–H and O–H groups in total. The lowest BCUT2D eigenvalue weighted by Gasteiger charge is -2.12. The monoisotopic (exact) mass is 462 g/mol. The molecule has 3 aromatic rings. The Morgan fingerprint density at radius 3 is 2.38 bits per heavy atom. The average Bonchev–Trinajstić information content (AvgIpc) is 3.14. The summed E-state index contributed by atoms with van der Waals surface area (Å²) in [4.78, 5) is 4.62. The molecule has 0 aliphatic heterocycles. The van der Waals surface area contributed by atoms with Crippen LogP contribution in [0.3, 0.4) is 0 Å². The Labute approximate surface area is 170 Å². The second-order valence-electron chi connectivity index (χ2n) is 5.49. The fourth-order valence-electron chi connectivity index (χ4n) is 2.44. The minimum atomic E-state index is 0. The van der Waals surface area contributed by atoms with E-state index in [4.69, 9.17) is 0 Å². The molecule has 0 radical (unpaired) electrons. The van der Waals surface area contributed by atoms with E-state index in [9.17, 15) is 0 Å². The zero-order valence-electron chi connectivity index (χ0n) is 14.7. The Morgan fingerprint density at radius 1 is 1.00 bits per heavy atom. The molecule has 0 spiro atoms. The fourth-order valence-corrected chi connectivity index (χ4v) is 2.44. The Morgan fingerprint density at radius 2 is 1.69 bits per heavy atom. The van der Waals surface area contributed by atoms with Gasteiger partial charge < -0.3 is 10.6 Å². The number of hydrogen-bond donors (Lipinski definition) is 2. The predicted molar refractivity (Wildman–Crippen MR) is 115 cm³/mol. The lowest BCUT2D eigenvalue weighted by atomic mass is 10.2. The molecule has 1 aromatic heterocycles. The van der Waals surface area contributed by atoms with Crippen molar-refractivity contribution in [3.63, 3.8) is 0 Å². The van der Waals surface area contributed by atoms with Gasteiger partial charge in [-0.1, -0.05) is 48.5 Å². The summed E-state index contributed by atoms with van der Waals surface area (Å²) in [6, 6.07) is 20.2. The molecule has 0 aliphatic rings. The number of aliphatic imine (C=N–C) groups is 1. The topological polar surface area (TPSA) is 67.1 Å². The smallest absolute Gasteiger partial charge is 0.191 e. The van der Waals surface area contributed by atoms with Gasteiger partial charge in [-0.3, -0.25) is 4.57 Å². The van der Waals surface area contributed by atoms with Crippen LogP contribution < -0.4 is 10.6 Å². The van der Waals surface area contributed by atoms with Crippen LogP contribution >= 0.6 is 24.0 Å². The summed E-state index contributed by atoms with van der Waals surface area (Å²) in [5.41, 5.74) is 2.21. The third-order valence-corrected chi connectivity index (χ3v) is 3.67. The quantitative estimate of drug-likeness (QED) is 0.336. The van der Waals surface area contributed by atoms with Crippen molar-refractivity contribution in [2.45, 2.75) is 20.0 Å². The molecular formula is C19H23IN6. The van der Waals surface area contributed by atoms with Crippen LogP contribution in [0.4, 0.5) is 0 Å². The largest absolute Gasteiger partial charge is 0.357 e. The van der Waals surface area contributed by atoms with Gasteiger partial charge in [0.15, 0.2) is 11.8 Å². The van der Waals surface area contributed by atoms with Gasteiger partial charge in [0, 0.05) is 12.2 Å². The molecule has 0 saturated carbocycles. The Bertz CT molecular complexity index is 801. The van der Waals surface area contributed by atoms with Crippen molar-refractivity contribution in [1.82, 2.24) is 25.4 Å². The van der Waals surface area contributed by atoms with E-state index in [-0.39, 0.29) is 24.0 Å². The summed E-state index contributed by atoms with van der Waals surface area (Å²) >= 11 is 0. The van der Waals surface area contributed by atoms with Crippen molar-refractivity contribution in [3.05, 3.63) is 78.4 Å². The van der Waals surface area contributed by atoms with Crippen molar-refractivity contribution >= 4 is 29.9 Å². The van der Waals surface area contributed by atoms with E-state index in [1.54, 1.807) is 6.33 Å². The van der Waals surface area contributed by atoms with Crippen LogP contribution in [0.1, 0.15) is 18.3 Å². The molecule has 7 heteroatoms. The number of halogens is 1. The summed E-state index contributed by atoms with van der Waals surface area (Å²) in [6.45, 7) is 4.01. The first-order chi connectivity index (χ1) is 12.4. The van der Waals surface area contributed by atoms with Crippen LogP contribution in [0.5, 0.6) is 0 Å². The lowest BCUT2D eigenvalue weighted by molar-refractivity contribution is 0.756. The van der Waals surface area contributed by atoms with E-state index in [2.05, 4.69) is 38.0 Å². The number of benzene rings is 2. The summed E-state index contributed by atoms with van der Waals surface area (Å²) in [5, 5.41) is 14.8. The minimum Gasteiger partial charge on any atom is -0.357 e. The van der Waals surface area contributed by atoms with E-state index < -0.39 is 0 Å². The van der Waals surface area contributed by atoms with Gasteiger partial charge in [0.1, 0.15) is 6.33 Å². The number of guanidine groups is 1. The van der Waals surface area contributed by atoms with Crippen LogP contribution in [-0.4, -0.2) is 27.3 Å². The summed E-state index contributed by atoms with van der Waals surface area (Å²) < 4.78 is 1.97. The van der Waals surface area contributed by atoms with Gasteiger partial charge in [-0.2, -0.15) is 0 Å². The molecule has 0 atom stereocenters. The molecule has 26 heavy (non-hydrogen) atoms. The van der Waals surface area contributed by atoms with E-state index in [1.807, 2.05) is 60.0 Å². The predicted octanol–water partition coefficient (Wildman–Crippen LogP) is 3.14. The molecule has 0 amide bonds. The zero-order chi connectivity index (χ0) is 17.3. The fraction of sp³-hybridized carbons (Fsp3) is 0.211. The summed E-state index contributed by atoms with van der Waals surface area (Å²) in [5.74, 6) is 1.59. The van der Waals surface area contributed by atoms with Gasteiger partial charge in [0.25, 0.3) is 0 Å². The van der Waals surface area contributed by atoms with Gasteiger partial charge >= 0.3 is 0 Å². The number of rotatable bonds is 6. The van der Waals surface area contributed by atoms with Crippen LogP contribution in [0.15, 0.2) is 72.0 Å². The Kier molecular flexibility index (Phi) is 8.07. The van der Waals surface area contributed by atoms with Crippen molar-refractivity contribution in [3.8, 4) is 5.69 Å². The highest BCUT2D eigenvalue weighted by Gasteiger charge is 2.07. The standard InChI is InChI=1S/C19H22N6.HI/c1-2-20-19(21-13-16-9-5-3-6-10-16)22-14-18-24-23-15-25(18)17-11-7-4-8-12-17;/h3-12,15H,2,13-14H2,1H3,(H2,20,21,22);1H. The molecular weight excluding hydrogens is 439 g/mol. The van der Waals surface area contributed by atoms with Gasteiger partial charge in [-0.15, -0.1) is 34.2 Å². The van der Waals surface area contributed by atoms with Crippen LogP contribution in [-0.2, 0) is 13.1 Å². The van der Waals surface area contributed by atoms with Crippen molar-refractivity contribution in [1.29, 1.82) is 0 Å². The number of para-hydroxylation sites is 1. The molecule has 136 valence electrons. The highest BCUT2D eigenvalue weighted by Crippen LogP contribution is 2.08. The molecule has 2 aromatic carbocycles. The Balaban J connectivity index is 0.00000243. The third-order valence-electron chi connectivity index (χ3n) is 3.67.